The maximum Gasteiger partial charge on any atom is 0.351 e. The molecule has 0 atom stereocenters. The third-order valence-electron chi connectivity index (χ3n) is 2.09. The van der Waals surface area contributed by atoms with Crippen molar-refractivity contribution in [3.05, 3.63) is 42.0 Å². The van der Waals surface area contributed by atoms with Crippen LogP contribution in [0.1, 0.15) is 18.9 Å². The third-order valence-corrected chi connectivity index (χ3v) is 2.09. The molecular formula is C13H16N2O2. The molecule has 17 heavy (non-hydrogen) atoms. The number of hydrogen-bond acceptors (Lipinski definition) is 3. The van der Waals surface area contributed by atoms with Crippen LogP contribution in [0.25, 0.3) is 6.08 Å². The maximum absolute atomic E-state index is 10.4. The van der Waals surface area contributed by atoms with E-state index in [1.807, 2.05) is 42.5 Å². The second kappa shape index (κ2) is 7.22. The van der Waals surface area contributed by atoms with E-state index in [9.17, 15) is 4.79 Å². The molecule has 0 fully saturated rings. The molecule has 0 bridgehead atoms. The van der Waals surface area contributed by atoms with E-state index < -0.39 is 5.97 Å². The van der Waals surface area contributed by atoms with E-state index >= 15 is 0 Å². The highest BCUT2D eigenvalue weighted by atomic mass is 16.4. The van der Waals surface area contributed by atoms with Crippen LogP contribution in [-0.2, 0) is 4.79 Å². The zero-order valence-electron chi connectivity index (χ0n) is 9.76. The Kier molecular flexibility index (Phi) is 5.51. The monoisotopic (exact) mass is 232 g/mol. The predicted molar refractivity (Wildman–Crippen MR) is 68.8 cm³/mol. The lowest BCUT2D eigenvalue weighted by Gasteiger charge is -1.97. The number of aliphatic carboxylic acids is 1. The molecule has 0 saturated heterocycles. The van der Waals surface area contributed by atoms with Crippen LogP contribution in [0.15, 0.2) is 41.5 Å². The Hall–Kier alpha value is -2.10. The van der Waals surface area contributed by atoms with E-state index in [1.165, 1.54) is 6.92 Å². The van der Waals surface area contributed by atoms with Crippen molar-refractivity contribution in [2.24, 2.45) is 5.10 Å². The zero-order valence-corrected chi connectivity index (χ0v) is 9.76. The van der Waals surface area contributed by atoms with Gasteiger partial charge in [-0.2, -0.15) is 5.10 Å². The molecule has 1 aromatic carbocycles. The number of hydrazone groups is 1. The average molecular weight is 232 g/mol. The van der Waals surface area contributed by atoms with E-state index in [1.54, 1.807) is 0 Å². The number of hydrogen-bond donors (Lipinski definition) is 2. The number of carbonyl (C=O) groups is 1. The standard InChI is InChI=1S/C13H16N2O2/c1-11(13(16)17)15-14-10-6-5-9-12-7-3-2-4-8-12/h2-5,7-9,14H,6,10H2,1H3,(H,16,17)/b9-5+,15-11+. The molecule has 0 heterocycles. The first-order valence-electron chi connectivity index (χ1n) is 5.42. The van der Waals surface area contributed by atoms with Crippen molar-refractivity contribution >= 4 is 17.8 Å². The Morgan fingerprint density at radius 3 is 2.76 bits per heavy atom. The van der Waals surface area contributed by atoms with Gasteiger partial charge in [-0.25, -0.2) is 4.79 Å². The normalized spacial score (nSPS) is 11.7. The van der Waals surface area contributed by atoms with Crippen LogP contribution in [0.3, 0.4) is 0 Å². The van der Waals surface area contributed by atoms with E-state index in [0.717, 1.165) is 12.0 Å². The minimum atomic E-state index is -1.00. The summed E-state index contributed by atoms with van der Waals surface area (Å²) in [7, 11) is 0. The first kappa shape index (κ1) is 13.0. The molecule has 0 aliphatic carbocycles. The minimum Gasteiger partial charge on any atom is -0.477 e. The smallest absolute Gasteiger partial charge is 0.351 e. The number of carboxylic acid groups (broad SMARTS) is 1. The quantitative estimate of drug-likeness (QED) is 0.449. The number of carboxylic acids is 1. The largest absolute Gasteiger partial charge is 0.477 e. The highest BCUT2D eigenvalue weighted by Gasteiger charge is 1.99. The summed E-state index contributed by atoms with van der Waals surface area (Å²) in [5.41, 5.74) is 3.93. The Morgan fingerprint density at radius 2 is 2.12 bits per heavy atom. The van der Waals surface area contributed by atoms with Gasteiger partial charge in [0, 0.05) is 6.54 Å². The second-order valence-corrected chi connectivity index (χ2v) is 3.51. The van der Waals surface area contributed by atoms with Gasteiger partial charge >= 0.3 is 5.97 Å². The van der Waals surface area contributed by atoms with E-state index in [2.05, 4.69) is 10.5 Å². The van der Waals surface area contributed by atoms with E-state index in [0.29, 0.717) is 6.54 Å². The van der Waals surface area contributed by atoms with Gasteiger partial charge in [0.05, 0.1) is 0 Å². The van der Waals surface area contributed by atoms with Crippen LogP contribution >= 0.6 is 0 Å². The topological polar surface area (TPSA) is 61.7 Å². The molecule has 4 heteroatoms. The van der Waals surface area contributed by atoms with Crippen LogP contribution in [0.5, 0.6) is 0 Å². The van der Waals surface area contributed by atoms with Crippen molar-refractivity contribution < 1.29 is 9.90 Å². The van der Waals surface area contributed by atoms with Crippen molar-refractivity contribution in [2.75, 3.05) is 6.54 Å². The lowest BCUT2D eigenvalue weighted by Crippen LogP contribution is -2.15. The lowest BCUT2D eigenvalue weighted by atomic mass is 10.2. The third kappa shape index (κ3) is 5.51. The summed E-state index contributed by atoms with van der Waals surface area (Å²) < 4.78 is 0. The van der Waals surface area contributed by atoms with Crippen LogP contribution in [0, 0.1) is 0 Å². The van der Waals surface area contributed by atoms with Crippen molar-refractivity contribution in [2.45, 2.75) is 13.3 Å². The number of nitrogens with one attached hydrogen (secondary N) is 1. The van der Waals surface area contributed by atoms with Gasteiger partial charge in [0.15, 0.2) is 0 Å². The molecule has 1 rings (SSSR count). The zero-order chi connectivity index (χ0) is 12.5. The van der Waals surface area contributed by atoms with Gasteiger partial charge in [-0.15, -0.1) is 0 Å². The molecule has 0 radical (unpaired) electrons. The number of nitrogens with zero attached hydrogens (tertiary/aromatic N) is 1. The molecule has 4 nitrogen and oxygen atoms in total. The fourth-order valence-electron chi connectivity index (χ4n) is 1.15. The van der Waals surface area contributed by atoms with Gasteiger partial charge in [-0.05, 0) is 18.9 Å². The molecule has 1 aromatic rings. The Balaban J connectivity index is 2.23. The van der Waals surface area contributed by atoms with Crippen LogP contribution in [0.2, 0.25) is 0 Å². The Labute approximate surface area is 101 Å². The maximum atomic E-state index is 10.4. The van der Waals surface area contributed by atoms with Crippen LogP contribution in [0.4, 0.5) is 0 Å². The summed E-state index contributed by atoms with van der Waals surface area (Å²) in [6.07, 6.45) is 4.84. The summed E-state index contributed by atoms with van der Waals surface area (Å²) in [4.78, 5) is 10.4. The highest BCUT2D eigenvalue weighted by molar-refractivity contribution is 6.34. The van der Waals surface area contributed by atoms with Gasteiger partial charge < -0.3 is 10.5 Å². The first-order chi connectivity index (χ1) is 8.20. The lowest BCUT2D eigenvalue weighted by molar-refractivity contribution is -0.129. The molecular weight excluding hydrogens is 216 g/mol. The number of rotatable bonds is 6. The van der Waals surface area contributed by atoms with Crippen molar-refractivity contribution in [1.82, 2.24) is 5.43 Å². The van der Waals surface area contributed by atoms with Crippen LogP contribution < -0.4 is 5.43 Å². The Bertz CT molecular complexity index is 411. The molecule has 90 valence electrons. The first-order valence-corrected chi connectivity index (χ1v) is 5.42. The van der Waals surface area contributed by atoms with Gasteiger partial charge in [-0.3, -0.25) is 0 Å². The minimum absolute atomic E-state index is 0.0667. The van der Waals surface area contributed by atoms with Gasteiger partial charge in [-0.1, -0.05) is 42.5 Å². The fourth-order valence-corrected chi connectivity index (χ4v) is 1.15. The SMILES string of the molecule is C/C(=N\NCC/C=C/c1ccccc1)C(=O)O. The molecule has 0 aliphatic rings. The van der Waals surface area contributed by atoms with Gasteiger partial charge in [0.1, 0.15) is 5.71 Å². The second-order valence-electron chi connectivity index (χ2n) is 3.51. The summed E-state index contributed by atoms with van der Waals surface area (Å²) >= 11 is 0. The summed E-state index contributed by atoms with van der Waals surface area (Å²) in [5, 5.41) is 12.3. The van der Waals surface area contributed by atoms with Crippen LogP contribution in [-0.4, -0.2) is 23.3 Å². The summed E-state index contributed by atoms with van der Waals surface area (Å²) in [6, 6.07) is 9.99. The van der Waals surface area contributed by atoms with Crippen molar-refractivity contribution in [1.29, 1.82) is 0 Å². The molecule has 0 aliphatic heterocycles. The van der Waals surface area contributed by atoms with Gasteiger partial charge in [0.2, 0.25) is 0 Å². The molecule has 0 unspecified atom stereocenters. The highest BCUT2D eigenvalue weighted by Crippen LogP contribution is 2.01. The molecule has 2 N–H and O–H groups in total. The molecule has 0 spiro atoms. The molecule has 0 aromatic heterocycles. The van der Waals surface area contributed by atoms with E-state index in [4.69, 9.17) is 5.11 Å². The molecule has 0 saturated carbocycles. The summed E-state index contributed by atoms with van der Waals surface area (Å²) in [5.74, 6) is -1.00. The molecule has 0 amide bonds. The predicted octanol–water partition coefficient (Wildman–Crippen LogP) is 2.14. The average Bonchev–Trinajstić information content (AvgIpc) is 2.34. The number of benzene rings is 1. The van der Waals surface area contributed by atoms with Gasteiger partial charge in [0.25, 0.3) is 0 Å². The van der Waals surface area contributed by atoms with E-state index in [-0.39, 0.29) is 5.71 Å². The van der Waals surface area contributed by atoms with Crippen molar-refractivity contribution in [3.63, 3.8) is 0 Å². The fraction of sp³-hybridized carbons (Fsp3) is 0.231. The van der Waals surface area contributed by atoms with Crippen molar-refractivity contribution in [3.8, 4) is 0 Å². The Morgan fingerprint density at radius 1 is 1.41 bits per heavy atom. The summed E-state index contributed by atoms with van der Waals surface area (Å²) in [6.45, 7) is 2.07.